The summed E-state index contributed by atoms with van der Waals surface area (Å²) in [5.74, 6) is -0.488. The fourth-order valence-electron chi connectivity index (χ4n) is 7.01. The van der Waals surface area contributed by atoms with E-state index in [0.717, 1.165) is 64.2 Å². The maximum atomic E-state index is 12.8. The van der Waals surface area contributed by atoms with Crippen molar-refractivity contribution >= 4 is 11.9 Å². The summed E-state index contributed by atoms with van der Waals surface area (Å²) in [6.45, 7) is 7.64. The molecule has 0 aliphatic rings. The highest BCUT2D eigenvalue weighted by atomic mass is 16.6. The van der Waals surface area contributed by atoms with Gasteiger partial charge in [0.2, 0.25) is 0 Å². The summed E-state index contributed by atoms with van der Waals surface area (Å²) < 4.78 is 17.3. The van der Waals surface area contributed by atoms with Crippen LogP contribution in [0.3, 0.4) is 0 Å². The molecule has 0 aromatic rings. The first kappa shape index (κ1) is 57.3. The highest BCUT2D eigenvalue weighted by Gasteiger charge is 2.17. The number of ether oxygens (including phenoxy) is 3. The summed E-state index contributed by atoms with van der Waals surface area (Å²) in [7, 11) is 0. The van der Waals surface area contributed by atoms with Crippen molar-refractivity contribution in [3.63, 3.8) is 0 Å². The Bertz CT molecular complexity index is 1080. The van der Waals surface area contributed by atoms with Crippen molar-refractivity contribution in [1.82, 2.24) is 0 Å². The number of unbranched alkanes of at least 4 members (excludes halogenated alkanes) is 23. The van der Waals surface area contributed by atoms with Gasteiger partial charge in [-0.3, -0.25) is 9.59 Å². The average molecular weight is 837 g/mol. The monoisotopic (exact) mass is 837 g/mol. The summed E-state index contributed by atoms with van der Waals surface area (Å²) in [6, 6.07) is 0. The van der Waals surface area contributed by atoms with E-state index in [1.54, 1.807) is 0 Å². The van der Waals surface area contributed by atoms with Crippen LogP contribution in [0.4, 0.5) is 0 Å². The number of rotatable bonds is 46. The third-order valence-electron chi connectivity index (χ3n) is 10.8. The summed E-state index contributed by atoms with van der Waals surface area (Å²) >= 11 is 0. The molecule has 0 aromatic heterocycles. The molecule has 0 saturated carbocycles. The number of allylic oxidation sites excluding steroid dienone is 12. The van der Waals surface area contributed by atoms with Gasteiger partial charge in [-0.05, 0) is 57.8 Å². The molecule has 1 atom stereocenters. The lowest BCUT2D eigenvalue weighted by Gasteiger charge is -2.18. The normalized spacial score (nSPS) is 12.8. The predicted octanol–water partition coefficient (Wildman–Crippen LogP) is 17.1. The maximum Gasteiger partial charge on any atom is 0.306 e. The van der Waals surface area contributed by atoms with Crippen LogP contribution < -0.4 is 0 Å². The Morgan fingerprint density at radius 3 is 1.17 bits per heavy atom. The van der Waals surface area contributed by atoms with E-state index in [0.29, 0.717) is 25.9 Å². The van der Waals surface area contributed by atoms with Crippen LogP contribution in [0, 0.1) is 0 Å². The summed E-state index contributed by atoms with van der Waals surface area (Å²) in [5.41, 5.74) is 0. The first-order valence-electron chi connectivity index (χ1n) is 25.5. The van der Waals surface area contributed by atoms with Gasteiger partial charge < -0.3 is 14.2 Å². The number of carbonyl (C=O) groups is 2. The van der Waals surface area contributed by atoms with Gasteiger partial charge in [0, 0.05) is 19.4 Å². The van der Waals surface area contributed by atoms with Crippen molar-refractivity contribution in [1.29, 1.82) is 0 Å². The SMILES string of the molecule is CC/C=C\C/C=C\C/C=C\C/C=C\C/C=C\C/C=C\CCC(=O)OCC(COCCCCCCCCCC)OC(=O)CCCCCCCCCCCCCCCCCCC. The van der Waals surface area contributed by atoms with Crippen LogP contribution in [0.15, 0.2) is 72.9 Å². The van der Waals surface area contributed by atoms with Crippen LogP contribution in [-0.2, 0) is 23.8 Å². The number of hydrogen-bond acceptors (Lipinski definition) is 5. The quantitative estimate of drug-likeness (QED) is 0.0347. The van der Waals surface area contributed by atoms with Crippen LogP contribution in [-0.4, -0.2) is 37.9 Å². The molecular weight excluding hydrogens is 741 g/mol. The maximum absolute atomic E-state index is 12.8. The molecule has 0 aliphatic heterocycles. The van der Waals surface area contributed by atoms with Gasteiger partial charge in [0.15, 0.2) is 6.10 Å². The van der Waals surface area contributed by atoms with Gasteiger partial charge in [0.05, 0.1) is 6.61 Å². The molecule has 0 bridgehead atoms. The molecule has 0 amide bonds. The van der Waals surface area contributed by atoms with E-state index in [2.05, 4.69) is 87.6 Å². The average Bonchev–Trinajstić information content (AvgIpc) is 3.25. The zero-order valence-electron chi connectivity index (χ0n) is 39.7. The molecule has 0 N–H and O–H groups in total. The fourth-order valence-corrected chi connectivity index (χ4v) is 7.01. The van der Waals surface area contributed by atoms with Crippen molar-refractivity contribution < 1.29 is 23.8 Å². The van der Waals surface area contributed by atoms with Crippen LogP contribution >= 0.6 is 0 Å². The highest BCUT2D eigenvalue weighted by Crippen LogP contribution is 2.15. The Morgan fingerprint density at radius 2 is 0.750 bits per heavy atom. The standard InChI is InChI=1S/C55H96O5/c1-4-7-10-13-16-19-21-23-25-27-28-30-31-33-35-37-39-42-45-48-54(56)59-52-53(51-58-50-47-44-41-18-15-12-9-6-3)60-55(57)49-46-43-40-38-36-34-32-29-26-24-22-20-17-14-11-8-5-2/h7,10,16,19,23,25,28,30,33,35,39,42,53H,4-6,8-9,11-15,17-18,20-22,24,26-27,29,31-32,34,36-38,40-41,43-52H2,1-3H3/b10-7-,19-16-,25-23-,30-28-,35-33-,42-39-. The Morgan fingerprint density at radius 1 is 0.383 bits per heavy atom. The van der Waals surface area contributed by atoms with E-state index in [9.17, 15) is 9.59 Å². The summed E-state index contributed by atoms with van der Waals surface area (Å²) in [4.78, 5) is 25.3. The molecule has 0 aromatic carbocycles. The Labute approximate surface area is 372 Å². The smallest absolute Gasteiger partial charge is 0.306 e. The Kier molecular flexibility index (Phi) is 48.4. The molecule has 5 nitrogen and oxygen atoms in total. The highest BCUT2D eigenvalue weighted by molar-refractivity contribution is 5.70. The van der Waals surface area contributed by atoms with E-state index >= 15 is 0 Å². The Hall–Kier alpha value is -2.66. The van der Waals surface area contributed by atoms with Crippen LogP contribution in [0.25, 0.3) is 0 Å². The van der Waals surface area contributed by atoms with Gasteiger partial charge >= 0.3 is 11.9 Å². The minimum Gasteiger partial charge on any atom is -0.462 e. The molecule has 0 saturated heterocycles. The van der Waals surface area contributed by atoms with E-state index < -0.39 is 6.10 Å². The van der Waals surface area contributed by atoms with Crippen molar-refractivity contribution in [3.05, 3.63) is 72.9 Å². The molecular formula is C55H96O5. The van der Waals surface area contributed by atoms with Crippen LogP contribution in [0.1, 0.15) is 239 Å². The topological polar surface area (TPSA) is 61.8 Å². The van der Waals surface area contributed by atoms with Crippen LogP contribution in [0.2, 0.25) is 0 Å². The lowest BCUT2D eigenvalue weighted by Crippen LogP contribution is -2.30. The third-order valence-corrected chi connectivity index (χ3v) is 10.8. The second-order valence-electron chi connectivity index (χ2n) is 16.7. The molecule has 0 radical (unpaired) electrons. The molecule has 60 heavy (non-hydrogen) atoms. The van der Waals surface area contributed by atoms with E-state index in [4.69, 9.17) is 14.2 Å². The van der Waals surface area contributed by atoms with Crippen molar-refractivity contribution in [3.8, 4) is 0 Å². The lowest BCUT2D eigenvalue weighted by atomic mass is 10.0. The molecule has 0 heterocycles. The molecule has 346 valence electrons. The second-order valence-corrected chi connectivity index (χ2v) is 16.7. The molecule has 0 aliphatic carbocycles. The minimum atomic E-state index is -0.563. The summed E-state index contributed by atoms with van der Waals surface area (Å²) in [6.07, 6.45) is 65.0. The van der Waals surface area contributed by atoms with Gasteiger partial charge in [0.25, 0.3) is 0 Å². The van der Waals surface area contributed by atoms with E-state index in [-0.39, 0.29) is 25.2 Å². The fraction of sp³-hybridized carbons (Fsp3) is 0.745. The van der Waals surface area contributed by atoms with Gasteiger partial charge in [0.1, 0.15) is 6.61 Å². The Balaban J connectivity index is 4.26. The lowest BCUT2D eigenvalue weighted by molar-refractivity contribution is -0.162. The largest absolute Gasteiger partial charge is 0.462 e. The first-order valence-corrected chi connectivity index (χ1v) is 25.5. The third kappa shape index (κ3) is 48.0. The zero-order chi connectivity index (χ0) is 43.5. The second kappa shape index (κ2) is 50.7. The van der Waals surface area contributed by atoms with Crippen molar-refractivity contribution in [2.45, 2.75) is 245 Å². The van der Waals surface area contributed by atoms with E-state index in [1.165, 1.54) is 135 Å². The van der Waals surface area contributed by atoms with Gasteiger partial charge in [-0.25, -0.2) is 0 Å². The number of carbonyl (C=O) groups excluding carboxylic acids is 2. The molecule has 1 unspecified atom stereocenters. The van der Waals surface area contributed by atoms with Gasteiger partial charge in [-0.1, -0.05) is 241 Å². The summed E-state index contributed by atoms with van der Waals surface area (Å²) in [5, 5.41) is 0. The molecule has 0 spiro atoms. The van der Waals surface area contributed by atoms with Crippen molar-refractivity contribution in [2.75, 3.05) is 19.8 Å². The minimum absolute atomic E-state index is 0.0464. The van der Waals surface area contributed by atoms with Crippen LogP contribution in [0.5, 0.6) is 0 Å². The first-order chi connectivity index (χ1) is 29.6. The number of hydrogen-bond donors (Lipinski definition) is 0. The van der Waals surface area contributed by atoms with Crippen molar-refractivity contribution in [2.24, 2.45) is 0 Å². The van der Waals surface area contributed by atoms with Gasteiger partial charge in [-0.2, -0.15) is 0 Å². The molecule has 5 heteroatoms. The predicted molar refractivity (Wildman–Crippen MR) is 260 cm³/mol. The van der Waals surface area contributed by atoms with Gasteiger partial charge in [-0.15, -0.1) is 0 Å². The molecule has 0 rings (SSSR count). The zero-order valence-corrected chi connectivity index (χ0v) is 39.7. The van der Waals surface area contributed by atoms with E-state index in [1.807, 2.05) is 6.08 Å². The number of esters is 2. The molecule has 0 fully saturated rings.